The summed E-state index contributed by atoms with van der Waals surface area (Å²) in [4.78, 5) is 4.80. The number of hydrogen-bond donors (Lipinski definition) is 0. The number of rotatable bonds is 0. The molecule has 1 aliphatic heterocycles. The van der Waals surface area contributed by atoms with E-state index in [4.69, 9.17) is 9.72 Å². The Labute approximate surface area is 179 Å². The molecule has 0 atom stereocenters. The molecule has 31 heavy (non-hydrogen) atoms. The van der Waals surface area contributed by atoms with Crippen LogP contribution >= 0.6 is 0 Å². The first-order valence-electron chi connectivity index (χ1n) is 10.6. The average Bonchev–Trinajstić information content (AvgIpc) is 2.79. The molecule has 0 aliphatic carbocycles. The van der Waals surface area contributed by atoms with Gasteiger partial charge < -0.3 is 4.74 Å². The Bertz CT molecular complexity index is 1730. The van der Waals surface area contributed by atoms with E-state index in [2.05, 4.69) is 86.6 Å². The molecule has 0 saturated carbocycles. The molecule has 0 spiro atoms. The van der Waals surface area contributed by atoms with E-state index >= 15 is 0 Å². The number of aryl methyl sites for hydroxylation is 2. The highest BCUT2D eigenvalue weighted by molar-refractivity contribution is 6.22. The number of ether oxygens (including phenoxy) is 1. The van der Waals surface area contributed by atoms with Gasteiger partial charge in [0.1, 0.15) is 11.5 Å². The van der Waals surface area contributed by atoms with Crippen LogP contribution in [0.25, 0.3) is 54.3 Å². The summed E-state index contributed by atoms with van der Waals surface area (Å²) in [6.07, 6.45) is 1.93. The monoisotopic (exact) mass is 397 g/mol. The Kier molecular flexibility index (Phi) is 3.17. The largest absolute Gasteiger partial charge is 0.456 e. The summed E-state index contributed by atoms with van der Waals surface area (Å²) in [5.74, 6) is 1.76. The van der Waals surface area contributed by atoms with Gasteiger partial charge in [-0.25, -0.2) is 0 Å². The van der Waals surface area contributed by atoms with Crippen molar-refractivity contribution >= 4 is 43.1 Å². The second-order valence-corrected chi connectivity index (χ2v) is 8.57. The average molecular weight is 397 g/mol. The van der Waals surface area contributed by atoms with Crippen LogP contribution in [0.5, 0.6) is 11.5 Å². The van der Waals surface area contributed by atoms with Gasteiger partial charge in [-0.1, -0.05) is 48.5 Å². The summed E-state index contributed by atoms with van der Waals surface area (Å²) in [6.45, 7) is 4.35. The van der Waals surface area contributed by atoms with Crippen LogP contribution < -0.4 is 4.74 Å². The van der Waals surface area contributed by atoms with Crippen LogP contribution in [0, 0.1) is 13.8 Å². The molecule has 6 aromatic rings. The van der Waals surface area contributed by atoms with Crippen LogP contribution in [0.2, 0.25) is 0 Å². The third-order valence-electron chi connectivity index (χ3n) is 6.76. The topological polar surface area (TPSA) is 22.1 Å². The van der Waals surface area contributed by atoms with E-state index in [1.54, 1.807) is 0 Å². The SMILES string of the molecule is Cc1cc2ccc3c4ccnc5c4c(cc3c2cc1C)Oc1cc2ccccc2cc1-5. The number of aromatic nitrogens is 1. The summed E-state index contributed by atoms with van der Waals surface area (Å²) in [6, 6.07) is 26.1. The van der Waals surface area contributed by atoms with Crippen molar-refractivity contribution in [2.75, 3.05) is 0 Å². The van der Waals surface area contributed by atoms with Gasteiger partial charge in [0.05, 0.1) is 11.1 Å². The number of nitrogens with zero attached hydrogens (tertiary/aromatic N) is 1. The fraction of sp³-hybridized carbons (Fsp3) is 0.0690. The lowest BCUT2D eigenvalue weighted by Gasteiger charge is -2.22. The van der Waals surface area contributed by atoms with E-state index in [1.165, 1.54) is 48.8 Å². The van der Waals surface area contributed by atoms with E-state index in [9.17, 15) is 0 Å². The van der Waals surface area contributed by atoms with Gasteiger partial charge in [-0.15, -0.1) is 0 Å². The van der Waals surface area contributed by atoms with Crippen LogP contribution in [-0.4, -0.2) is 4.98 Å². The molecule has 2 heterocycles. The van der Waals surface area contributed by atoms with Crippen LogP contribution in [-0.2, 0) is 0 Å². The van der Waals surface area contributed by atoms with Crippen LogP contribution in [0.15, 0.2) is 79.0 Å². The highest BCUT2D eigenvalue weighted by Gasteiger charge is 2.23. The maximum Gasteiger partial charge on any atom is 0.138 e. The first-order valence-corrected chi connectivity index (χ1v) is 10.6. The predicted octanol–water partition coefficient (Wildman–Crippen LogP) is 8.08. The summed E-state index contributed by atoms with van der Waals surface area (Å²) < 4.78 is 6.53. The molecule has 1 aromatic heterocycles. The third-order valence-corrected chi connectivity index (χ3v) is 6.76. The smallest absolute Gasteiger partial charge is 0.138 e. The Morgan fingerprint density at radius 1 is 0.613 bits per heavy atom. The van der Waals surface area contributed by atoms with Crippen molar-refractivity contribution in [1.82, 2.24) is 4.98 Å². The summed E-state index contributed by atoms with van der Waals surface area (Å²) in [7, 11) is 0. The van der Waals surface area contributed by atoms with Gasteiger partial charge in [0, 0.05) is 11.8 Å². The van der Waals surface area contributed by atoms with Crippen molar-refractivity contribution in [1.29, 1.82) is 0 Å². The molecule has 0 radical (unpaired) electrons. The normalized spacial score (nSPS) is 12.5. The van der Waals surface area contributed by atoms with Gasteiger partial charge in [0.2, 0.25) is 0 Å². The first kappa shape index (κ1) is 16.8. The molecule has 1 aliphatic rings. The Morgan fingerprint density at radius 3 is 2.29 bits per heavy atom. The lowest BCUT2D eigenvalue weighted by atomic mass is 9.91. The fourth-order valence-electron chi connectivity index (χ4n) is 5.04. The Morgan fingerprint density at radius 2 is 1.42 bits per heavy atom. The molecule has 0 N–H and O–H groups in total. The first-order chi connectivity index (χ1) is 15.2. The van der Waals surface area contributed by atoms with Gasteiger partial charge in [0.25, 0.3) is 0 Å². The van der Waals surface area contributed by atoms with E-state index in [-0.39, 0.29) is 0 Å². The zero-order valence-corrected chi connectivity index (χ0v) is 17.4. The van der Waals surface area contributed by atoms with E-state index in [0.717, 1.165) is 28.1 Å². The molecule has 0 fully saturated rings. The molecular weight excluding hydrogens is 378 g/mol. The highest BCUT2D eigenvalue weighted by Crippen LogP contribution is 2.49. The molecule has 0 bridgehead atoms. The van der Waals surface area contributed by atoms with Gasteiger partial charge in [-0.3, -0.25) is 4.98 Å². The maximum absolute atomic E-state index is 6.53. The minimum Gasteiger partial charge on any atom is -0.456 e. The van der Waals surface area contributed by atoms with Crippen molar-refractivity contribution in [3.63, 3.8) is 0 Å². The standard InChI is InChI=1S/C29H19NO/c1-16-11-20-7-8-21-22-9-10-30-29-25-13-18-5-3-4-6-19(18)14-26(25)31-27(28(22)29)15-24(21)23(20)12-17(16)2/h3-15H,1-2H3. The van der Waals surface area contributed by atoms with Crippen molar-refractivity contribution < 1.29 is 4.74 Å². The lowest BCUT2D eigenvalue weighted by molar-refractivity contribution is 0.488. The minimum atomic E-state index is 0.873. The second kappa shape index (κ2) is 5.83. The molecule has 0 unspecified atom stereocenters. The van der Waals surface area contributed by atoms with Crippen LogP contribution in [0.4, 0.5) is 0 Å². The molecule has 5 aromatic carbocycles. The maximum atomic E-state index is 6.53. The minimum absolute atomic E-state index is 0.873. The quantitative estimate of drug-likeness (QED) is 0.241. The molecule has 2 heteroatoms. The number of pyridine rings is 1. The summed E-state index contributed by atoms with van der Waals surface area (Å²) >= 11 is 0. The van der Waals surface area contributed by atoms with E-state index in [0.29, 0.717) is 0 Å². The Balaban J connectivity index is 1.63. The molecule has 0 amide bonds. The highest BCUT2D eigenvalue weighted by atomic mass is 16.5. The number of hydrogen-bond acceptors (Lipinski definition) is 2. The number of fused-ring (bicyclic) bond motifs is 7. The van der Waals surface area contributed by atoms with Gasteiger partial charge in [0.15, 0.2) is 0 Å². The Hall–Kier alpha value is -3.91. The van der Waals surface area contributed by atoms with Gasteiger partial charge >= 0.3 is 0 Å². The number of benzene rings is 5. The lowest BCUT2D eigenvalue weighted by Crippen LogP contribution is -2.00. The van der Waals surface area contributed by atoms with Crippen molar-refractivity contribution in [2.45, 2.75) is 13.8 Å². The zero-order valence-electron chi connectivity index (χ0n) is 17.4. The van der Waals surface area contributed by atoms with Gasteiger partial charge in [-0.2, -0.15) is 0 Å². The summed E-state index contributed by atoms with van der Waals surface area (Å²) in [5.41, 5.74) is 4.68. The molecule has 7 rings (SSSR count). The van der Waals surface area contributed by atoms with Crippen molar-refractivity contribution in [3.05, 3.63) is 90.1 Å². The molecule has 146 valence electrons. The molecule has 2 nitrogen and oxygen atoms in total. The van der Waals surface area contributed by atoms with Crippen LogP contribution in [0.1, 0.15) is 11.1 Å². The second-order valence-electron chi connectivity index (χ2n) is 8.57. The molecular formula is C29H19NO. The summed E-state index contributed by atoms with van der Waals surface area (Å²) in [5, 5.41) is 9.66. The van der Waals surface area contributed by atoms with Crippen molar-refractivity contribution in [3.8, 4) is 22.8 Å². The van der Waals surface area contributed by atoms with Crippen LogP contribution in [0.3, 0.4) is 0 Å². The van der Waals surface area contributed by atoms with E-state index < -0.39 is 0 Å². The predicted molar refractivity (Wildman–Crippen MR) is 129 cm³/mol. The van der Waals surface area contributed by atoms with E-state index in [1.807, 2.05) is 6.20 Å². The zero-order chi connectivity index (χ0) is 20.7. The van der Waals surface area contributed by atoms with Crippen molar-refractivity contribution in [2.24, 2.45) is 0 Å². The fourth-order valence-corrected chi connectivity index (χ4v) is 5.04. The molecule has 0 saturated heterocycles. The van der Waals surface area contributed by atoms with Gasteiger partial charge in [-0.05, 0) is 86.9 Å². The third kappa shape index (κ3) is 2.25.